The van der Waals surface area contributed by atoms with Crippen LogP contribution < -0.4 is 5.32 Å². The molecule has 1 fully saturated rings. The number of nitrogens with zero attached hydrogens (tertiary/aromatic N) is 4. The summed E-state index contributed by atoms with van der Waals surface area (Å²) in [6, 6.07) is 3.84. The molecule has 1 aliphatic rings. The summed E-state index contributed by atoms with van der Waals surface area (Å²) in [7, 11) is -3.14. The summed E-state index contributed by atoms with van der Waals surface area (Å²) in [5.74, 6) is 2.61. The molecule has 3 heterocycles. The van der Waals surface area contributed by atoms with E-state index < -0.39 is 10.0 Å². The van der Waals surface area contributed by atoms with Crippen LogP contribution in [0.1, 0.15) is 43.4 Å². The number of sulfonamides is 1. The van der Waals surface area contributed by atoms with Crippen LogP contribution in [0, 0.1) is 19.8 Å². The average molecular weight is 393 g/mol. The van der Waals surface area contributed by atoms with Gasteiger partial charge in [0.05, 0.1) is 5.75 Å². The van der Waals surface area contributed by atoms with Gasteiger partial charge in [-0.1, -0.05) is 6.92 Å². The van der Waals surface area contributed by atoms with Crippen LogP contribution in [0.2, 0.25) is 0 Å². The van der Waals surface area contributed by atoms with Gasteiger partial charge in [-0.15, -0.1) is 0 Å². The topological polar surface area (TPSA) is 104 Å². The molecule has 0 aromatic carbocycles. The molecule has 0 spiro atoms. The van der Waals surface area contributed by atoms with Gasteiger partial charge in [0.15, 0.2) is 5.82 Å². The SMILES string of the molecule is CCCS(=O)(=O)N1CCC[C@H](Cc2cc(Nc3cc(C)[nH]n3)nc(C)n2)C1. The van der Waals surface area contributed by atoms with Crippen LogP contribution in [0.3, 0.4) is 0 Å². The van der Waals surface area contributed by atoms with Crippen LogP contribution >= 0.6 is 0 Å². The van der Waals surface area contributed by atoms with Gasteiger partial charge in [-0.05, 0) is 45.4 Å². The summed E-state index contributed by atoms with van der Waals surface area (Å²) in [5.41, 5.74) is 1.90. The zero-order valence-corrected chi connectivity index (χ0v) is 17.0. The van der Waals surface area contributed by atoms with Crippen molar-refractivity contribution < 1.29 is 8.42 Å². The van der Waals surface area contributed by atoms with E-state index in [-0.39, 0.29) is 11.7 Å². The highest BCUT2D eigenvalue weighted by Gasteiger charge is 2.28. The van der Waals surface area contributed by atoms with E-state index in [0.717, 1.165) is 30.7 Å². The zero-order valence-electron chi connectivity index (χ0n) is 16.2. The Morgan fingerprint density at radius 1 is 1.26 bits per heavy atom. The average Bonchev–Trinajstić information content (AvgIpc) is 2.99. The Bertz CT molecular complexity index is 880. The van der Waals surface area contributed by atoms with Gasteiger partial charge in [0.1, 0.15) is 11.6 Å². The number of aryl methyl sites for hydroxylation is 2. The number of aromatic nitrogens is 4. The van der Waals surface area contributed by atoms with Gasteiger partial charge >= 0.3 is 0 Å². The minimum absolute atomic E-state index is 0.226. The third kappa shape index (κ3) is 5.26. The van der Waals surface area contributed by atoms with Crippen molar-refractivity contribution in [3.8, 4) is 0 Å². The van der Waals surface area contributed by atoms with Crippen LogP contribution in [-0.2, 0) is 16.4 Å². The summed E-state index contributed by atoms with van der Waals surface area (Å²) in [6.45, 7) is 6.91. The Balaban J connectivity index is 1.69. The molecule has 0 amide bonds. The third-order valence-corrected chi connectivity index (χ3v) is 6.73. The maximum absolute atomic E-state index is 12.4. The number of hydrogen-bond acceptors (Lipinski definition) is 6. The lowest BCUT2D eigenvalue weighted by atomic mass is 9.94. The summed E-state index contributed by atoms with van der Waals surface area (Å²) >= 11 is 0. The smallest absolute Gasteiger partial charge is 0.214 e. The molecule has 0 unspecified atom stereocenters. The number of nitrogens with one attached hydrogen (secondary N) is 2. The first-order valence-electron chi connectivity index (χ1n) is 9.47. The highest BCUT2D eigenvalue weighted by Crippen LogP contribution is 2.24. The molecule has 1 atom stereocenters. The predicted molar refractivity (Wildman–Crippen MR) is 105 cm³/mol. The highest BCUT2D eigenvalue weighted by molar-refractivity contribution is 7.89. The lowest BCUT2D eigenvalue weighted by Crippen LogP contribution is -2.41. The third-order valence-electron chi connectivity index (χ3n) is 4.69. The second-order valence-electron chi connectivity index (χ2n) is 7.24. The molecule has 2 aromatic rings. The van der Waals surface area contributed by atoms with Crippen molar-refractivity contribution in [1.82, 2.24) is 24.5 Å². The number of piperidine rings is 1. The predicted octanol–water partition coefficient (Wildman–Crippen LogP) is 2.55. The van der Waals surface area contributed by atoms with Gasteiger partial charge in [-0.25, -0.2) is 22.7 Å². The Morgan fingerprint density at radius 2 is 2.07 bits per heavy atom. The van der Waals surface area contributed by atoms with Gasteiger partial charge < -0.3 is 5.32 Å². The number of hydrogen-bond donors (Lipinski definition) is 2. The van der Waals surface area contributed by atoms with Crippen molar-refractivity contribution in [2.24, 2.45) is 5.92 Å². The number of aromatic amines is 1. The lowest BCUT2D eigenvalue weighted by molar-refractivity contribution is 0.264. The van der Waals surface area contributed by atoms with Crippen molar-refractivity contribution in [2.45, 2.75) is 46.5 Å². The molecule has 2 aromatic heterocycles. The van der Waals surface area contributed by atoms with Crippen LogP contribution in [0.15, 0.2) is 12.1 Å². The Labute approximate surface area is 160 Å². The number of anilines is 2. The standard InChI is InChI=1S/C18H28N6O2S/c1-4-8-27(25,26)24-7-5-6-15(12-24)10-16-11-17(20-14(3)19-16)21-18-9-13(2)22-23-18/h9,11,15H,4-8,10,12H2,1-3H3,(H2,19,20,21,22,23)/t15-/m1/s1. The summed E-state index contributed by atoms with van der Waals surface area (Å²) < 4.78 is 26.4. The molecule has 1 saturated heterocycles. The van der Waals surface area contributed by atoms with Crippen LogP contribution in [0.25, 0.3) is 0 Å². The van der Waals surface area contributed by atoms with E-state index in [4.69, 9.17) is 0 Å². The molecule has 0 aliphatic carbocycles. The fourth-order valence-electron chi connectivity index (χ4n) is 3.54. The minimum Gasteiger partial charge on any atom is -0.323 e. The molecule has 148 valence electrons. The van der Waals surface area contributed by atoms with Crippen LogP contribution in [0.5, 0.6) is 0 Å². The van der Waals surface area contributed by atoms with E-state index in [0.29, 0.717) is 37.0 Å². The van der Waals surface area contributed by atoms with Gasteiger partial charge in [0.2, 0.25) is 10.0 Å². The Hall–Kier alpha value is -2.00. The Morgan fingerprint density at radius 3 is 2.78 bits per heavy atom. The Kier molecular flexibility index (Phi) is 6.11. The lowest BCUT2D eigenvalue weighted by Gasteiger charge is -2.31. The first-order chi connectivity index (χ1) is 12.9. The fourth-order valence-corrected chi connectivity index (χ4v) is 5.16. The summed E-state index contributed by atoms with van der Waals surface area (Å²) in [6.07, 6.45) is 3.31. The molecular weight excluding hydrogens is 364 g/mol. The maximum atomic E-state index is 12.4. The van der Waals surface area contributed by atoms with Gasteiger partial charge in [0, 0.05) is 36.6 Å². The van der Waals surface area contributed by atoms with Crippen molar-refractivity contribution in [1.29, 1.82) is 0 Å². The fraction of sp³-hybridized carbons (Fsp3) is 0.611. The van der Waals surface area contributed by atoms with Gasteiger partial charge in [0.25, 0.3) is 0 Å². The van der Waals surface area contributed by atoms with Crippen molar-refractivity contribution in [3.63, 3.8) is 0 Å². The summed E-state index contributed by atoms with van der Waals surface area (Å²) in [5, 5.41) is 10.3. The van der Waals surface area contributed by atoms with Crippen molar-refractivity contribution >= 4 is 21.7 Å². The van der Waals surface area contributed by atoms with E-state index in [2.05, 4.69) is 25.5 Å². The monoisotopic (exact) mass is 392 g/mol. The van der Waals surface area contributed by atoms with E-state index >= 15 is 0 Å². The highest BCUT2D eigenvalue weighted by atomic mass is 32.2. The molecule has 8 nitrogen and oxygen atoms in total. The zero-order chi connectivity index (χ0) is 19.4. The second kappa shape index (κ2) is 8.35. The van der Waals surface area contributed by atoms with Crippen LogP contribution in [0.4, 0.5) is 11.6 Å². The molecule has 1 aliphatic heterocycles. The van der Waals surface area contributed by atoms with E-state index in [1.54, 1.807) is 4.31 Å². The first-order valence-corrected chi connectivity index (χ1v) is 11.1. The molecule has 27 heavy (non-hydrogen) atoms. The molecule has 2 N–H and O–H groups in total. The minimum atomic E-state index is -3.14. The first kappa shape index (κ1) is 19.8. The molecule has 9 heteroatoms. The second-order valence-corrected chi connectivity index (χ2v) is 9.33. The summed E-state index contributed by atoms with van der Waals surface area (Å²) in [4.78, 5) is 8.98. The molecular formula is C18H28N6O2S. The van der Waals surface area contributed by atoms with Gasteiger partial charge in [-0.2, -0.15) is 5.10 Å². The van der Waals surface area contributed by atoms with Crippen molar-refractivity contribution in [2.75, 3.05) is 24.2 Å². The maximum Gasteiger partial charge on any atom is 0.214 e. The molecule has 0 radical (unpaired) electrons. The molecule has 0 saturated carbocycles. The van der Waals surface area contributed by atoms with E-state index in [9.17, 15) is 8.42 Å². The molecule has 0 bridgehead atoms. The van der Waals surface area contributed by atoms with Crippen molar-refractivity contribution in [3.05, 3.63) is 29.3 Å². The number of rotatable bonds is 7. The quantitative estimate of drug-likeness (QED) is 0.750. The normalized spacial score (nSPS) is 18.6. The van der Waals surface area contributed by atoms with E-state index in [1.807, 2.05) is 32.9 Å². The number of H-pyrrole nitrogens is 1. The largest absolute Gasteiger partial charge is 0.323 e. The molecule has 3 rings (SSSR count). The van der Waals surface area contributed by atoms with E-state index in [1.165, 1.54) is 0 Å². The van der Waals surface area contributed by atoms with Gasteiger partial charge in [-0.3, -0.25) is 5.10 Å². The van der Waals surface area contributed by atoms with Crippen LogP contribution in [-0.4, -0.2) is 51.7 Å².